The number of benzene rings is 2. The molecule has 0 aliphatic carbocycles. The number of hydrogen-bond donors (Lipinski definition) is 1. The highest BCUT2D eigenvalue weighted by atomic mass is 35.5. The van der Waals surface area contributed by atoms with Gasteiger partial charge in [0.1, 0.15) is 17.6 Å². The molecule has 9 nitrogen and oxygen atoms in total. The first-order chi connectivity index (χ1) is 15.3. The van der Waals surface area contributed by atoms with E-state index in [0.29, 0.717) is 37.3 Å². The molecule has 1 atom stereocenters. The van der Waals surface area contributed by atoms with Gasteiger partial charge in [-0.1, -0.05) is 35.3 Å². The molecule has 1 aliphatic heterocycles. The minimum absolute atomic E-state index is 0.0525. The number of amides is 1. The molecule has 1 heterocycles. The standard InChI is InChI=1S/C20H20Cl2N2O7S/c1-2-19-15-11-13(6-8-18(15)24-20(25)29-19)28-10-4-3-9-23-31-32(26,27)30-14-5-7-16(21)17(22)12-14/h5-9,11-12,19H,2-4,10H2,1H3,(H,24,25). The van der Waals surface area contributed by atoms with Crippen LogP contribution in [0, 0.1) is 0 Å². The number of rotatable bonds is 10. The second-order valence-electron chi connectivity index (χ2n) is 6.60. The Morgan fingerprint density at radius 2 is 1.94 bits per heavy atom. The van der Waals surface area contributed by atoms with E-state index >= 15 is 0 Å². The molecule has 0 bridgehead atoms. The predicted molar refractivity (Wildman–Crippen MR) is 120 cm³/mol. The third-order valence-corrected chi connectivity index (χ3v) is 5.68. The van der Waals surface area contributed by atoms with E-state index in [2.05, 4.69) is 14.8 Å². The molecule has 0 radical (unpaired) electrons. The molecule has 1 aliphatic rings. The largest absolute Gasteiger partial charge is 0.521 e. The van der Waals surface area contributed by atoms with Crippen molar-refractivity contribution in [1.29, 1.82) is 0 Å². The second kappa shape index (κ2) is 10.8. The van der Waals surface area contributed by atoms with Crippen molar-refractivity contribution in [2.75, 3.05) is 11.9 Å². The molecule has 0 saturated heterocycles. The molecule has 1 N–H and O–H groups in total. The van der Waals surface area contributed by atoms with E-state index in [0.717, 1.165) is 5.56 Å². The van der Waals surface area contributed by atoms with Gasteiger partial charge in [-0.2, -0.15) is 0 Å². The number of hydrogen-bond acceptors (Lipinski definition) is 8. The summed E-state index contributed by atoms with van der Waals surface area (Å²) >= 11 is 11.6. The Morgan fingerprint density at radius 1 is 1.16 bits per heavy atom. The average Bonchev–Trinajstić information content (AvgIpc) is 2.75. The molecule has 172 valence electrons. The van der Waals surface area contributed by atoms with Gasteiger partial charge in [0.25, 0.3) is 0 Å². The fourth-order valence-electron chi connectivity index (χ4n) is 2.81. The molecule has 0 saturated carbocycles. The highest BCUT2D eigenvalue weighted by molar-refractivity contribution is 7.82. The molecular formula is C20H20Cl2N2O7S. The van der Waals surface area contributed by atoms with Crippen molar-refractivity contribution < 1.29 is 31.2 Å². The lowest BCUT2D eigenvalue weighted by atomic mass is 10.0. The van der Waals surface area contributed by atoms with Crippen molar-refractivity contribution in [3.8, 4) is 11.5 Å². The molecule has 0 fully saturated rings. The lowest BCUT2D eigenvalue weighted by Gasteiger charge is -2.25. The summed E-state index contributed by atoms with van der Waals surface area (Å²) in [5.41, 5.74) is 1.56. The molecule has 32 heavy (non-hydrogen) atoms. The van der Waals surface area contributed by atoms with Gasteiger partial charge in [0, 0.05) is 17.8 Å². The number of fused-ring (bicyclic) bond motifs is 1. The number of halogens is 2. The summed E-state index contributed by atoms with van der Waals surface area (Å²) in [7, 11) is -4.39. The summed E-state index contributed by atoms with van der Waals surface area (Å²) < 4.78 is 43.6. The van der Waals surface area contributed by atoms with Crippen LogP contribution in [0.25, 0.3) is 0 Å². The summed E-state index contributed by atoms with van der Waals surface area (Å²) in [5, 5.41) is 6.46. The maximum atomic E-state index is 11.8. The van der Waals surface area contributed by atoms with E-state index in [1.807, 2.05) is 13.0 Å². The number of carbonyl (C=O) groups excluding carboxylic acids is 1. The predicted octanol–water partition coefficient (Wildman–Crippen LogP) is 5.49. The molecule has 2 aromatic carbocycles. The first-order valence-electron chi connectivity index (χ1n) is 9.61. The van der Waals surface area contributed by atoms with Crippen molar-refractivity contribution in [3.05, 3.63) is 52.0 Å². The van der Waals surface area contributed by atoms with Gasteiger partial charge in [0.05, 0.1) is 22.3 Å². The molecule has 2 aromatic rings. The van der Waals surface area contributed by atoms with Crippen LogP contribution in [-0.2, 0) is 19.4 Å². The summed E-state index contributed by atoms with van der Waals surface area (Å²) in [6.07, 6.45) is 2.12. The Labute approximate surface area is 195 Å². The van der Waals surface area contributed by atoms with Gasteiger partial charge in [0.15, 0.2) is 0 Å². The van der Waals surface area contributed by atoms with Crippen LogP contribution in [0.5, 0.6) is 11.5 Å². The Balaban J connectivity index is 1.41. The van der Waals surface area contributed by atoms with Crippen LogP contribution in [0.3, 0.4) is 0 Å². The minimum Gasteiger partial charge on any atom is -0.494 e. The molecule has 12 heteroatoms. The van der Waals surface area contributed by atoms with Gasteiger partial charge in [0.2, 0.25) is 0 Å². The third kappa shape index (κ3) is 6.65. The van der Waals surface area contributed by atoms with Crippen molar-refractivity contribution >= 4 is 51.6 Å². The zero-order valence-electron chi connectivity index (χ0n) is 16.9. The number of anilines is 1. The normalized spacial score (nSPS) is 15.6. The number of ether oxygens (including phenoxy) is 2. The molecular weight excluding hydrogens is 483 g/mol. The summed E-state index contributed by atoms with van der Waals surface area (Å²) in [5.74, 6) is 0.580. The summed E-state index contributed by atoms with van der Waals surface area (Å²) in [6, 6.07) is 9.32. The first kappa shape index (κ1) is 24.0. The fraction of sp³-hybridized carbons (Fsp3) is 0.300. The van der Waals surface area contributed by atoms with E-state index in [9.17, 15) is 13.2 Å². The molecule has 1 amide bonds. The van der Waals surface area contributed by atoms with Crippen LogP contribution < -0.4 is 14.2 Å². The number of unbranched alkanes of at least 4 members (excludes halogenated alkanes) is 1. The van der Waals surface area contributed by atoms with Gasteiger partial charge in [-0.25, -0.2) is 9.08 Å². The number of carbonyl (C=O) groups is 1. The van der Waals surface area contributed by atoms with Crippen molar-refractivity contribution in [2.24, 2.45) is 5.16 Å². The second-order valence-corrected chi connectivity index (χ2v) is 8.54. The minimum atomic E-state index is -4.39. The van der Waals surface area contributed by atoms with Gasteiger partial charge in [-0.15, -0.1) is 8.42 Å². The van der Waals surface area contributed by atoms with Crippen LogP contribution in [0.2, 0.25) is 10.0 Å². The van der Waals surface area contributed by atoms with Crippen LogP contribution in [0.15, 0.2) is 41.6 Å². The SMILES string of the molecule is CCC1OC(=O)Nc2ccc(OCCCC=NOS(=O)(=O)Oc3ccc(Cl)c(Cl)c3)cc21. The Kier molecular flexibility index (Phi) is 8.05. The zero-order chi connectivity index (χ0) is 23.1. The van der Waals surface area contributed by atoms with Crippen LogP contribution in [0.4, 0.5) is 10.5 Å². The third-order valence-electron chi connectivity index (χ3n) is 4.27. The van der Waals surface area contributed by atoms with Gasteiger partial charge < -0.3 is 13.7 Å². The quantitative estimate of drug-likeness (QED) is 0.259. The number of nitrogens with zero attached hydrogens (tertiary/aromatic N) is 1. The topological polar surface area (TPSA) is 113 Å². The van der Waals surface area contributed by atoms with E-state index in [-0.39, 0.29) is 21.9 Å². The van der Waals surface area contributed by atoms with Crippen LogP contribution >= 0.6 is 23.2 Å². The highest BCUT2D eigenvalue weighted by Crippen LogP contribution is 2.35. The van der Waals surface area contributed by atoms with Crippen LogP contribution in [0.1, 0.15) is 37.9 Å². The highest BCUT2D eigenvalue weighted by Gasteiger charge is 2.25. The lowest BCUT2D eigenvalue weighted by Crippen LogP contribution is -2.24. The van der Waals surface area contributed by atoms with Crippen LogP contribution in [-0.4, -0.2) is 27.3 Å². The zero-order valence-corrected chi connectivity index (χ0v) is 19.2. The van der Waals surface area contributed by atoms with Gasteiger partial charge in [-0.3, -0.25) is 5.32 Å². The maximum Gasteiger partial charge on any atom is 0.521 e. The van der Waals surface area contributed by atoms with Crippen molar-refractivity contribution in [2.45, 2.75) is 32.3 Å². The van der Waals surface area contributed by atoms with E-state index in [1.54, 1.807) is 12.1 Å². The van der Waals surface area contributed by atoms with E-state index in [4.69, 9.17) is 36.9 Å². The molecule has 1 unspecified atom stereocenters. The lowest BCUT2D eigenvalue weighted by molar-refractivity contribution is 0.104. The van der Waals surface area contributed by atoms with Gasteiger partial charge >= 0.3 is 16.5 Å². The monoisotopic (exact) mass is 502 g/mol. The Bertz CT molecular complexity index is 1110. The van der Waals surface area contributed by atoms with Crippen molar-refractivity contribution in [3.63, 3.8) is 0 Å². The van der Waals surface area contributed by atoms with Gasteiger partial charge in [-0.05, 0) is 49.6 Å². The average molecular weight is 503 g/mol. The number of nitrogens with one attached hydrogen (secondary N) is 1. The van der Waals surface area contributed by atoms with E-state index < -0.39 is 16.5 Å². The van der Waals surface area contributed by atoms with Crippen molar-refractivity contribution in [1.82, 2.24) is 0 Å². The summed E-state index contributed by atoms with van der Waals surface area (Å²) in [4.78, 5) is 11.5. The molecule has 0 spiro atoms. The Morgan fingerprint density at radius 3 is 2.69 bits per heavy atom. The smallest absolute Gasteiger partial charge is 0.494 e. The molecule has 0 aromatic heterocycles. The van der Waals surface area contributed by atoms with E-state index in [1.165, 1.54) is 24.4 Å². The number of oxime groups is 1. The molecule has 3 rings (SSSR count). The first-order valence-corrected chi connectivity index (χ1v) is 11.7. The fourth-order valence-corrected chi connectivity index (χ4v) is 3.63. The summed E-state index contributed by atoms with van der Waals surface area (Å²) in [6.45, 7) is 2.29. The number of cyclic esters (lactones) is 1. The Hall–Kier alpha value is -2.69. The maximum absolute atomic E-state index is 11.8.